The van der Waals surface area contributed by atoms with Crippen LogP contribution in [0.2, 0.25) is 0 Å². The molecule has 2 atom stereocenters. The van der Waals surface area contributed by atoms with Crippen molar-refractivity contribution in [3.05, 3.63) is 24.3 Å². The van der Waals surface area contributed by atoms with Gasteiger partial charge in [0.1, 0.15) is 6.33 Å². The molecule has 5 heteroatoms. The molecule has 1 amide bonds. The highest BCUT2D eigenvalue weighted by Gasteiger charge is 2.31. The molecule has 17 heavy (non-hydrogen) atoms. The van der Waals surface area contributed by atoms with Crippen molar-refractivity contribution in [1.82, 2.24) is 14.9 Å². The number of amides is 1. The van der Waals surface area contributed by atoms with Crippen LogP contribution in [-0.4, -0.2) is 45.1 Å². The largest absolute Gasteiger partial charge is 0.394 e. The highest BCUT2D eigenvalue weighted by atomic mass is 16.3. The van der Waals surface area contributed by atoms with Gasteiger partial charge in [0.25, 0.3) is 0 Å². The smallest absolute Gasteiger partial charge is 0.230 e. The second-order valence-corrected chi connectivity index (χ2v) is 4.40. The summed E-state index contributed by atoms with van der Waals surface area (Å²) in [6, 6.07) is -0.0189. The first-order chi connectivity index (χ1) is 8.24. The summed E-state index contributed by atoms with van der Waals surface area (Å²) in [6.07, 6.45) is 6.64. The third-order valence-corrected chi connectivity index (χ3v) is 3.32. The van der Waals surface area contributed by atoms with Crippen molar-refractivity contribution in [1.29, 1.82) is 0 Å². The molecule has 1 aliphatic rings. The average molecular weight is 235 g/mol. The van der Waals surface area contributed by atoms with Crippen LogP contribution in [0.4, 0.5) is 0 Å². The van der Waals surface area contributed by atoms with Crippen LogP contribution in [0.5, 0.6) is 0 Å². The second kappa shape index (κ2) is 5.23. The molecule has 92 valence electrons. The lowest BCUT2D eigenvalue weighted by molar-refractivity contribution is -0.134. The van der Waals surface area contributed by atoms with Crippen molar-refractivity contribution in [3.63, 3.8) is 0 Å². The van der Waals surface area contributed by atoms with Crippen LogP contribution >= 0.6 is 0 Å². The molecule has 1 N–H and O–H groups in total. The molecule has 2 heterocycles. The van der Waals surface area contributed by atoms with Gasteiger partial charge >= 0.3 is 0 Å². The first-order valence-electron chi connectivity index (χ1n) is 5.90. The Labute approximate surface area is 100 Å². The van der Waals surface area contributed by atoms with E-state index in [1.165, 1.54) is 6.33 Å². The summed E-state index contributed by atoms with van der Waals surface area (Å²) in [5, 5.41) is 9.22. The van der Waals surface area contributed by atoms with Crippen LogP contribution in [-0.2, 0) is 4.79 Å². The standard InChI is InChI=1S/C12H17N3O2/c1-9(10-5-13-8-14-6-10)12(17)15-4-2-3-11(15)7-16/h5-6,8-9,11,16H,2-4,7H2,1H3/t9?,11-/m0/s1. The maximum Gasteiger partial charge on any atom is 0.230 e. The predicted molar refractivity (Wildman–Crippen MR) is 62.3 cm³/mol. The Morgan fingerprint density at radius 3 is 2.94 bits per heavy atom. The maximum atomic E-state index is 12.3. The number of nitrogens with zero attached hydrogens (tertiary/aromatic N) is 3. The van der Waals surface area contributed by atoms with Crippen molar-refractivity contribution in [3.8, 4) is 0 Å². The second-order valence-electron chi connectivity index (χ2n) is 4.40. The number of aromatic nitrogens is 2. The number of aliphatic hydroxyl groups is 1. The molecule has 1 aromatic rings. The van der Waals surface area contributed by atoms with Gasteiger partial charge in [-0.25, -0.2) is 9.97 Å². The minimum absolute atomic E-state index is 0.0189. The van der Waals surface area contributed by atoms with Gasteiger partial charge < -0.3 is 10.0 Å². The molecule has 1 saturated heterocycles. The average Bonchev–Trinajstić information content (AvgIpc) is 2.86. The molecule has 1 aromatic heterocycles. The summed E-state index contributed by atoms with van der Waals surface area (Å²) < 4.78 is 0. The van der Waals surface area contributed by atoms with Crippen LogP contribution in [0.25, 0.3) is 0 Å². The Morgan fingerprint density at radius 2 is 2.29 bits per heavy atom. The molecule has 0 radical (unpaired) electrons. The summed E-state index contributed by atoms with van der Waals surface area (Å²) in [4.78, 5) is 21.9. The van der Waals surface area contributed by atoms with Gasteiger partial charge in [0.15, 0.2) is 0 Å². The van der Waals surface area contributed by atoms with Crippen LogP contribution in [0.15, 0.2) is 18.7 Å². The summed E-state index contributed by atoms with van der Waals surface area (Å²) >= 11 is 0. The van der Waals surface area contributed by atoms with Gasteiger partial charge in [-0.1, -0.05) is 0 Å². The monoisotopic (exact) mass is 235 g/mol. The third kappa shape index (κ3) is 2.44. The van der Waals surface area contributed by atoms with E-state index in [1.807, 2.05) is 6.92 Å². The van der Waals surface area contributed by atoms with Crippen LogP contribution in [0, 0.1) is 0 Å². The molecule has 0 spiro atoms. The molecule has 1 unspecified atom stereocenters. The maximum absolute atomic E-state index is 12.3. The lowest BCUT2D eigenvalue weighted by Crippen LogP contribution is -2.40. The van der Waals surface area contributed by atoms with Crippen molar-refractivity contribution in [2.45, 2.75) is 31.7 Å². The Bertz CT molecular complexity index is 383. The molecule has 5 nitrogen and oxygen atoms in total. The van der Waals surface area contributed by atoms with Gasteiger partial charge in [0.05, 0.1) is 18.6 Å². The summed E-state index contributed by atoms with van der Waals surface area (Å²) in [6.45, 7) is 2.64. The highest BCUT2D eigenvalue weighted by Crippen LogP contribution is 2.23. The first-order valence-corrected chi connectivity index (χ1v) is 5.90. The zero-order chi connectivity index (χ0) is 12.3. The normalized spacial score (nSPS) is 21.5. The number of carbonyl (C=O) groups excluding carboxylic acids is 1. The lowest BCUT2D eigenvalue weighted by atomic mass is 10.0. The van der Waals surface area contributed by atoms with Gasteiger partial charge in [-0.15, -0.1) is 0 Å². The summed E-state index contributed by atoms with van der Waals surface area (Å²) in [5.74, 6) is -0.195. The van der Waals surface area contributed by atoms with Crippen molar-refractivity contribution < 1.29 is 9.90 Å². The quantitative estimate of drug-likeness (QED) is 0.831. The predicted octanol–water partition coefficient (Wildman–Crippen LogP) is 0.563. The van der Waals surface area contributed by atoms with E-state index in [0.717, 1.165) is 24.9 Å². The minimum Gasteiger partial charge on any atom is -0.394 e. The van der Waals surface area contributed by atoms with Crippen LogP contribution in [0.1, 0.15) is 31.2 Å². The molecule has 1 aliphatic heterocycles. The van der Waals surface area contributed by atoms with E-state index in [9.17, 15) is 9.90 Å². The van der Waals surface area contributed by atoms with E-state index in [1.54, 1.807) is 17.3 Å². The topological polar surface area (TPSA) is 66.3 Å². The number of hydrogen-bond acceptors (Lipinski definition) is 4. The van der Waals surface area contributed by atoms with Gasteiger partial charge in [0, 0.05) is 24.5 Å². The van der Waals surface area contributed by atoms with Crippen LogP contribution < -0.4 is 0 Å². The molecule has 0 aromatic carbocycles. The van der Waals surface area contributed by atoms with Gasteiger partial charge in [-0.2, -0.15) is 0 Å². The van der Waals surface area contributed by atoms with E-state index in [-0.39, 0.29) is 24.5 Å². The molecular weight excluding hydrogens is 218 g/mol. The molecule has 0 bridgehead atoms. The SMILES string of the molecule is CC(C(=O)N1CCC[C@H]1CO)c1cncnc1. The van der Waals surface area contributed by atoms with Crippen molar-refractivity contribution in [2.75, 3.05) is 13.2 Å². The summed E-state index contributed by atoms with van der Waals surface area (Å²) in [7, 11) is 0. The minimum atomic E-state index is -0.247. The fourth-order valence-corrected chi connectivity index (χ4v) is 2.24. The molecule has 0 aliphatic carbocycles. The van der Waals surface area contributed by atoms with Gasteiger partial charge in [-0.3, -0.25) is 4.79 Å². The van der Waals surface area contributed by atoms with E-state index in [0.29, 0.717) is 0 Å². The lowest BCUT2D eigenvalue weighted by Gasteiger charge is -2.26. The zero-order valence-corrected chi connectivity index (χ0v) is 9.91. The highest BCUT2D eigenvalue weighted by molar-refractivity contribution is 5.83. The van der Waals surface area contributed by atoms with Crippen molar-refractivity contribution in [2.24, 2.45) is 0 Å². The molecule has 2 rings (SSSR count). The number of carbonyl (C=O) groups is 1. The molecule has 1 fully saturated rings. The number of aliphatic hydroxyl groups excluding tert-OH is 1. The van der Waals surface area contributed by atoms with E-state index in [4.69, 9.17) is 0 Å². The Kier molecular flexibility index (Phi) is 3.68. The fourth-order valence-electron chi connectivity index (χ4n) is 2.24. The Balaban J connectivity index is 2.10. The first kappa shape index (κ1) is 12.0. The fraction of sp³-hybridized carbons (Fsp3) is 0.583. The number of hydrogen-bond donors (Lipinski definition) is 1. The Morgan fingerprint density at radius 1 is 1.59 bits per heavy atom. The third-order valence-electron chi connectivity index (χ3n) is 3.32. The van der Waals surface area contributed by atoms with Crippen LogP contribution in [0.3, 0.4) is 0 Å². The van der Waals surface area contributed by atoms with Crippen molar-refractivity contribution >= 4 is 5.91 Å². The van der Waals surface area contributed by atoms with E-state index in [2.05, 4.69) is 9.97 Å². The number of rotatable bonds is 3. The molecule has 0 saturated carbocycles. The Hall–Kier alpha value is -1.49. The van der Waals surface area contributed by atoms with E-state index >= 15 is 0 Å². The molecular formula is C12H17N3O2. The van der Waals surface area contributed by atoms with E-state index < -0.39 is 0 Å². The van der Waals surface area contributed by atoms with Gasteiger partial charge in [0.2, 0.25) is 5.91 Å². The summed E-state index contributed by atoms with van der Waals surface area (Å²) in [5.41, 5.74) is 0.820. The van der Waals surface area contributed by atoms with Gasteiger partial charge in [-0.05, 0) is 19.8 Å². The number of likely N-dealkylation sites (tertiary alicyclic amines) is 1. The zero-order valence-electron chi connectivity index (χ0n) is 9.91.